The zero-order chi connectivity index (χ0) is 18.2. The van der Waals surface area contributed by atoms with Gasteiger partial charge in [-0.25, -0.2) is 14.4 Å². The van der Waals surface area contributed by atoms with E-state index in [0.717, 1.165) is 38.1 Å². The van der Waals surface area contributed by atoms with Crippen LogP contribution in [0.3, 0.4) is 0 Å². The Hall–Kier alpha value is -2.90. The van der Waals surface area contributed by atoms with Gasteiger partial charge in [0.15, 0.2) is 5.96 Å². The van der Waals surface area contributed by atoms with Crippen LogP contribution in [-0.2, 0) is 0 Å². The Balaban J connectivity index is 1.42. The molecule has 3 rings (SSSR count). The van der Waals surface area contributed by atoms with E-state index in [1.807, 2.05) is 6.07 Å². The van der Waals surface area contributed by atoms with Gasteiger partial charge in [0.2, 0.25) is 5.95 Å². The third-order valence-corrected chi connectivity index (χ3v) is 4.08. The van der Waals surface area contributed by atoms with Crippen LogP contribution >= 0.6 is 0 Å². The lowest BCUT2D eigenvalue weighted by Gasteiger charge is -2.36. The number of aromatic nitrogens is 2. The molecule has 2 aromatic rings. The van der Waals surface area contributed by atoms with Crippen molar-refractivity contribution in [3.05, 3.63) is 48.5 Å². The molecule has 8 heteroatoms. The summed E-state index contributed by atoms with van der Waals surface area (Å²) in [6, 6.07) is 7.96. The van der Waals surface area contributed by atoms with E-state index in [1.54, 1.807) is 31.6 Å². The van der Waals surface area contributed by atoms with Crippen molar-refractivity contribution in [3.63, 3.8) is 0 Å². The van der Waals surface area contributed by atoms with E-state index in [9.17, 15) is 4.39 Å². The van der Waals surface area contributed by atoms with E-state index in [-0.39, 0.29) is 5.82 Å². The molecule has 1 aliphatic heterocycles. The van der Waals surface area contributed by atoms with E-state index in [2.05, 4.69) is 30.1 Å². The minimum Gasteiger partial charge on any atom is -0.492 e. The second kappa shape index (κ2) is 8.98. The molecule has 26 heavy (non-hydrogen) atoms. The maximum atomic E-state index is 13.1. The van der Waals surface area contributed by atoms with Gasteiger partial charge in [-0.2, -0.15) is 0 Å². The van der Waals surface area contributed by atoms with Crippen molar-refractivity contribution in [3.8, 4) is 5.75 Å². The van der Waals surface area contributed by atoms with Crippen LogP contribution in [0.1, 0.15) is 0 Å². The van der Waals surface area contributed by atoms with E-state index in [1.165, 1.54) is 12.1 Å². The lowest BCUT2D eigenvalue weighted by Crippen LogP contribution is -2.53. The molecule has 0 aliphatic carbocycles. The summed E-state index contributed by atoms with van der Waals surface area (Å²) in [6.45, 7) is 4.37. The monoisotopic (exact) mass is 358 g/mol. The number of rotatable bonds is 5. The average Bonchev–Trinajstić information content (AvgIpc) is 2.69. The Morgan fingerprint density at radius 2 is 1.96 bits per heavy atom. The molecule has 7 nitrogen and oxygen atoms in total. The Kier molecular flexibility index (Phi) is 6.19. The van der Waals surface area contributed by atoms with Crippen LogP contribution in [0.25, 0.3) is 0 Å². The Morgan fingerprint density at radius 3 is 2.65 bits per heavy atom. The number of ether oxygens (including phenoxy) is 1. The number of piperazine rings is 1. The highest BCUT2D eigenvalue weighted by Gasteiger charge is 2.20. The summed E-state index contributed by atoms with van der Waals surface area (Å²) in [5.74, 6) is 1.82. The first kappa shape index (κ1) is 17.9. The molecule has 0 unspecified atom stereocenters. The number of aliphatic imine (C=N–C) groups is 1. The molecule has 1 aliphatic rings. The molecule has 0 saturated carbocycles. The Bertz CT molecular complexity index is 719. The molecule has 1 N–H and O–H groups in total. The Morgan fingerprint density at radius 1 is 1.19 bits per heavy atom. The molecule has 2 heterocycles. The normalized spacial score (nSPS) is 15.1. The highest BCUT2D eigenvalue weighted by molar-refractivity contribution is 5.80. The van der Waals surface area contributed by atoms with Crippen LogP contribution in [0.2, 0.25) is 0 Å². The van der Waals surface area contributed by atoms with E-state index in [0.29, 0.717) is 18.9 Å². The molecule has 0 spiro atoms. The van der Waals surface area contributed by atoms with Gasteiger partial charge in [0.05, 0.1) is 6.54 Å². The predicted octanol–water partition coefficient (Wildman–Crippen LogP) is 1.39. The fourth-order valence-corrected chi connectivity index (χ4v) is 2.79. The smallest absolute Gasteiger partial charge is 0.225 e. The average molecular weight is 358 g/mol. The highest BCUT2D eigenvalue weighted by atomic mass is 19.1. The minimum atomic E-state index is -0.300. The molecular weight excluding hydrogens is 335 g/mol. The second-order valence-corrected chi connectivity index (χ2v) is 5.80. The Labute approximate surface area is 152 Å². The number of nitrogens with one attached hydrogen (secondary N) is 1. The quantitative estimate of drug-likeness (QED) is 0.495. The van der Waals surface area contributed by atoms with Crippen LogP contribution in [0.4, 0.5) is 10.3 Å². The van der Waals surface area contributed by atoms with Crippen molar-refractivity contribution in [1.82, 2.24) is 20.2 Å². The van der Waals surface area contributed by atoms with Gasteiger partial charge in [-0.3, -0.25) is 4.99 Å². The number of nitrogens with zero attached hydrogens (tertiary/aromatic N) is 5. The zero-order valence-corrected chi connectivity index (χ0v) is 14.8. The molecule has 0 atom stereocenters. The van der Waals surface area contributed by atoms with Crippen molar-refractivity contribution < 1.29 is 9.13 Å². The predicted molar refractivity (Wildman–Crippen MR) is 99.1 cm³/mol. The second-order valence-electron chi connectivity index (χ2n) is 5.80. The van der Waals surface area contributed by atoms with Crippen LogP contribution in [0.5, 0.6) is 5.75 Å². The van der Waals surface area contributed by atoms with Gasteiger partial charge in [0, 0.05) is 51.7 Å². The number of hydrogen-bond donors (Lipinski definition) is 1. The number of halogens is 1. The van der Waals surface area contributed by atoms with Crippen molar-refractivity contribution in [1.29, 1.82) is 0 Å². The fraction of sp³-hybridized carbons (Fsp3) is 0.389. The van der Waals surface area contributed by atoms with Gasteiger partial charge in [-0.15, -0.1) is 0 Å². The summed E-state index contributed by atoms with van der Waals surface area (Å²) in [5, 5.41) is 3.29. The summed E-state index contributed by atoms with van der Waals surface area (Å²) in [4.78, 5) is 17.3. The number of benzene rings is 1. The molecule has 0 radical (unpaired) electrons. The molecule has 1 aromatic heterocycles. The lowest BCUT2D eigenvalue weighted by molar-refractivity contribution is 0.313. The van der Waals surface area contributed by atoms with Gasteiger partial charge < -0.3 is 19.9 Å². The van der Waals surface area contributed by atoms with Crippen molar-refractivity contribution in [2.75, 3.05) is 51.3 Å². The van der Waals surface area contributed by atoms with Crippen molar-refractivity contribution >= 4 is 11.9 Å². The van der Waals surface area contributed by atoms with E-state index < -0.39 is 0 Å². The van der Waals surface area contributed by atoms with Crippen molar-refractivity contribution in [2.45, 2.75) is 0 Å². The zero-order valence-electron chi connectivity index (χ0n) is 14.8. The van der Waals surface area contributed by atoms with Crippen LogP contribution in [-0.4, -0.2) is 67.2 Å². The number of guanidine groups is 1. The molecule has 1 saturated heterocycles. The topological polar surface area (TPSA) is 65.9 Å². The van der Waals surface area contributed by atoms with Gasteiger partial charge in [-0.05, 0) is 18.2 Å². The lowest BCUT2D eigenvalue weighted by atomic mass is 10.3. The highest BCUT2D eigenvalue weighted by Crippen LogP contribution is 2.12. The first-order valence-corrected chi connectivity index (χ1v) is 8.62. The van der Waals surface area contributed by atoms with Crippen LogP contribution in [0, 0.1) is 5.82 Å². The number of hydrogen-bond acceptors (Lipinski definition) is 5. The van der Waals surface area contributed by atoms with Crippen LogP contribution in [0.15, 0.2) is 47.7 Å². The molecular formula is C18H23FN6O. The molecule has 138 valence electrons. The third-order valence-electron chi connectivity index (χ3n) is 4.08. The summed E-state index contributed by atoms with van der Waals surface area (Å²) in [7, 11) is 1.77. The van der Waals surface area contributed by atoms with E-state index >= 15 is 0 Å². The van der Waals surface area contributed by atoms with Crippen molar-refractivity contribution in [2.24, 2.45) is 4.99 Å². The summed E-state index contributed by atoms with van der Waals surface area (Å²) in [6.07, 6.45) is 3.52. The third kappa shape index (κ3) is 4.81. The summed E-state index contributed by atoms with van der Waals surface area (Å²) in [5.41, 5.74) is 0. The van der Waals surface area contributed by atoms with Gasteiger partial charge in [0.1, 0.15) is 18.2 Å². The minimum absolute atomic E-state index is 0.300. The number of anilines is 1. The molecule has 0 bridgehead atoms. The van der Waals surface area contributed by atoms with Crippen LogP contribution < -0.4 is 15.0 Å². The molecule has 1 fully saturated rings. The largest absolute Gasteiger partial charge is 0.492 e. The van der Waals surface area contributed by atoms with Gasteiger partial charge in [0.25, 0.3) is 0 Å². The molecule has 1 aromatic carbocycles. The van der Waals surface area contributed by atoms with Gasteiger partial charge in [-0.1, -0.05) is 6.07 Å². The molecule has 0 amide bonds. The van der Waals surface area contributed by atoms with E-state index in [4.69, 9.17) is 4.74 Å². The first-order chi connectivity index (χ1) is 12.8. The standard InChI is InChI=1S/C18H23FN6O/c1-20-17(23-8-13-26-16-5-2-4-15(19)14-16)24-9-11-25(12-10-24)18-21-6-3-7-22-18/h2-7,14H,8-13H2,1H3,(H,20,23). The summed E-state index contributed by atoms with van der Waals surface area (Å²) < 4.78 is 18.7. The van der Waals surface area contributed by atoms with Gasteiger partial charge >= 0.3 is 0 Å². The maximum absolute atomic E-state index is 13.1. The first-order valence-electron chi connectivity index (χ1n) is 8.62. The fourth-order valence-electron chi connectivity index (χ4n) is 2.79. The maximum Gasteiger partial charge on any atom is 0.225 e. The SMILES string of the molecule is CN=C(NCCOc1cccc(F)c1)N1CCN(c2ncccn2)CC1. The summed E-state index contributed by atoms with van der Waals surface area (Å²) >= 11 is 0.